The number of hydrogen-bond acceptors (Lipinski definition) is 2. The van der Waals surface area contributed by atoms with Crippen molar-refractivity contribution < 1.29 is 4.74 Å². The highest BCUT2D eigenvalue weighted by molar-refractivity contribution is 6.31. The Morgan fingerprint density at radius 3 is 2.79 bits per heavy atom. The molecular formula is C16H22ClNO. The maximum atomic E-state index is 6.20. The van der Waals surface area contributed by atoms with Crippen LogP contribution in [0.1, 0.15) is 38.2 Å². The van der Waals surface area contributed by atoms with Gasteiger partial charge in [0.25, 0.3) is 0 Å². The van der Waals surface area contributed by atoms with Crippen molar-refractivity contribution in [1.29, 1.82) is 0 Å². The first kappa shape index (κ1) is 13.4. The van der Waals surface area contributed by atoms with Gasteiger partial charge in [-0.05, 0) is 37.8 Å². The molecule has 2 atom stereocenters. The van der Waals surface area contributed by atoms with E-state index in [-0.39, 0.29) is 0 Å². The van der Waals surface area contributed by atoms with Crippen LogP contribution in [0.5, 0.6) is 0 Å². The summed E-state index contributed by atoms with van der Waals surface area (Å²) in [5.74, 6) is 0. The van der Waals surface area contributed by atoms with Crippen LogP contribution in [0.3, 0.4) is 0 Å². The molecule has 3 rings (SSSR count). The number of ether oxygens (including phenoxy) is 1. The quantitative estimate of drug-likeness (QED) is 0.886. The summed E-state index contributed by atoms with van der Waals surface area (Å²) in [6.45, 7) is 3.80. The van der Waals surface area contributed by atoms with Gasteiger partial charge in [-0.25, -0.2) is 0 Å². The van der Waals surface area contributed by atoms with Crippen LogP contribution in [0.2, 0.25) is 5.02 Å². The van der Waals surface area contributed by atoms with Gasteiger partial charge >= 0.3 is 0 Å². The molecule has 2 unspecified atom stereocenters. The van der Waals surface area contributed by atoms with Crippen molar-refractivity contribution in [3.63, 3.8) is 0 Å². The summed E-state index contributed by atoms with van der Waals surface area (Å²) in [5.41, 5.74) is 1.62. The molecule has 2 aliphatic carbocycles. The molecule has 0 aliphatic heterocycles. The third-order valence-electron chi connectivity index (χ3n) is 4.93. The van der Waals surface area contributed by atoms with E-state index in [2.05, 4.69) is 18.3 Å². The lowest BCUT2D eigenvalue weighted by Crippen LogP contribution is -2.66. The number of rotatable bonds is 5. The first-order valence-electron chi connectivity index (χ1n) is 7.34. The summed E-state index contributed by atoms with van der Waals surface area (Å²) in [4.78, 5) is 0. The van der Waals surface area contributed by atoms with Gasteiger partial charge < -0.3 is 10.1 Å². The SMILES string of the molecule is CCOC1CC(NCc2ccccc2Cl)C12CCC2. The van der Waals surface area contributed by atoms with Crippen LogP contribution < -0.4 is 5.32 Å². The van der Waals surface area contributed by atoms with Crippen molar-refractivity contribution in [3.05, 3.63) is 34.9 Å². The van der Waals surface area contributed by atoms with Gasteiger partial charge in [0.2, 0.25) is 0 Å². The second kappa shape index (κ2) is 5.43. The summed E-state index contributed by atoms with van der Waals surface area (Å²) in [7, 11) is 0. The average molecular weight is 280 g/mol. The van der Waals surface area contributed by atoms with E-state index in [1.54, 1.807) is 0 Å². The van der Waals surface area contributed by atoms with Gasteiger partial charge in [-0.1, -0.05) is 36.2 Å². The number of halogens is 1. The maximum absolute atomic E-state index is 6.20. The lowest BCUT2D eigenvalue weighted by Gasteiger charge is -2.61. The smallest absolute Gasteiger partial charge is 0.0661 e. The van der Waals surface area contributed by atoms with Crippen LogP contribution in [0.15, 0.2) is 24.3 Å². The Labute approximate surface area is 120 Å². The molecule has 2 fully saturated rings. The Morgan fingerprint density at radius 2 is 2.16 bits per heavy atom. The first-order valence-corrected chi connectivity index (χ1v) is 7.72. The Bertz CT molecular complexity index is 444. The standard InChI is InChI=1S/C16H22ClNO/c1-2-19-15-10-14(16(15)8-5-9-16)18-11-12-6-3-4-7-13(12)17/h3-4,6-7,14-15,18H,2,5,8-11H2,1H3. The molecule has 1 aromatic rings. The second-order valence-electron chi connectivity index (χ2n) is 5.79. The highest BCUT2D eigenvalue weighted by atomic mass is 35.5. The third kappa shape index (κ3) is 2.31. The van der Waals surface area contributed by atoms with E-state index >= 15 is 0 Å². The van der Waals surface area contributed by atoms with Crippen LogP contribution in [0.25, 0.3) is 0 Å². The van der Waals surface area contributed by atoms with E-state index in [1.165, 1.54) is 24.8 Å². The minimum Gasteiger partial charge on any atom is -0.378 e. The van der Waals surface area contributed by atoms with E-state index in [9.17, 15) is 0 Å². The molecule has 1 spiro atoms. The Hall–Kier alpha value is -0.570. The average Bonchev–Trinajstić information content (AvgIpc) is 2.32. The summed E-state index contributed by atoms with van der Waals surface area (Å²) >= 11 is 6.20. The minimum absolute atomic E-state index is 0.428. The summed E-state index contributed by atoms with van der Waals surface area (Å²) in [6.07, 6.45) is 5.62. The Morgan fingerprint density at radius 1 is 1.37 bits per heavy atom. The van der Waals surface area contributed by atoms with Gasteiger partial charge in [-0.2, -0.15) is 0 Å². The monoisotopic (exact) mass is 279 g/mol. The zero-order valence-corrected chi connectivity index (χ0v) is 12.2. The van der Waals surface area contributed by atoms with E-state index in [0.717, 1.165) is 24.6 Å². The predicted octanol–water partition coefficient (Wildman–Crippen LogP) is 3.78. The Balaban J connectivity index is 1.58. The first-order chi connectivity index (χ1) is 9.26. The normalized spacial score (nSPS) is 27.9. The van der Waals surface area contributed by atoms with Crippen LogP contribution >= 0.6 is 11.6 Å². The molecule has 0 radical (unpaired) electrons. The van der Waals surface area contributed by atoms with E-state index in [1.807, 2.05) is 18.2 Å². The minimum atomic E-state index is 0.428. The van der Waals surface area contributed by atoms with E-state index < -0.39 is 0 Å². The largest absolute Gasteiger partial charge is 0.378 e. The van der Waals surface area contributed by atoms with Crippen molar-refractivity contribution >= 4 is 11.6 Å². The maximum Gasteiger partial charge on any atom is 0.0661 e. The zero-order valence-electron chi connectivity index (χ0n) is 11.5. The topological polar surface area (TPSA) is 21.3 Å². The fraction of sp³-hybridized carbons (Fsp3) is 0.625. The lowest BCUT2D eigenvalue weighted by atomic mass is 9.51. The number of nitrogens with one attached hydrogen (secondary N) is 1. The van der Waals surface area contributed by atoms with Crippen LogP contribution in [-0.2, 0) is 11.3 Å². The van der Waals surface area contributed by atoms with Crippen molar-refractivity contribution in [3.8, 4) is 0 Å². The summed E-state index contributed by atoms with van der Waals surface area (Å²) < 4.78 is 5.88. The predicted molar refractivity (Wildman–Crippen MR) is 78.4 cm³/mol. The van der Waals surface area contributed by atoms with Gasteiger partial charge in [-0.3, -0.25) is 0 Å². The molecule has 1 N–H and O–H groups in total. The molecule has 0 bridgehead atoms. The molecule has 0 heterocycles. The fourth-order valence-corrected chi connectivity index (χ4v) is 3.80. The molecule has 2 nitrogen and oxygen atoms in total. The molecule has 2 aliphatic rings. The molecule has 19 heavy (non-hydrogen) atoms. The molecule has 3 heteroatoms. The summed E-state index contributed by atoms with van der Waals surface area (Å²) in [5, 5.41) is 4.55. The highest BCUT2D eigenvalue weighted by Crippen LogP contribution is 2.57. The number of benzene rings is 1. The molecule has 104 valence electrons. The third-order valence-corrected chi connectivity index (χ3v) is 5.30. The van der Waals surface area contributed by atoms with Gasteiger partial charge in [0.1, 0.15) is 0 Å². The molecule has 0 saturated heterocycles. The molecular weight excluding hydrogens is 258 g/mol. The van der Waals surface area contributed by atoms with Crippen molar-refractivity contribution in [1.82, 2.24) is 5.32 Å². The summed E-state index contributed by atoms with van der Waals surface area (Å²) in [6, 6.07) is 8.69. The van der Waals surface area contributed by atoms with E-state index in [4.69, 9.17) is 16.3 Å². The number of hydrogen-bond donors (Lipinski definition) is 1. The van der Waals surface area contributed by atoms with Crippen LogP contribution in [0, 0.1) is 5.41 Å². The van der Waals surface area contributed by atoms with Crippen LogP contribution in [0.4, 0.5) is 0 Å². The zero-order chi connectivity index (χ0) is 13.3. The fourth-order valence-electron chi connectivity index (χ4n) is 3.60. The molecule has 1 aromatic carbocycles. The highest BCUT2D eigenvalue weighted by Gasteiger charge is 2.58. The van der Waals surface area contributed by atoms with Crippen molar-refractivity contribution in [2.24, 2.45) is 5.41 Å². The van der Waals surface area contributed by atoms with Gasteiger partial charge in [0.05, 0.1) is 6.10 Å². The Kier molecular flexibility index (Phi) is 3.84. The van der Waals surface area contributed by atoms with Crippen molar-refractivity contribution in [2.45, 2.75) is 51.3 Å². The molecule has 0 aromatic heterocycles. The van der Waals surface area contributed by atoms with Crippen LogP contribution in [-0.4, -0.2) is 18.8 Å². The van der Waals surface area contributed by atoms with Crippen molar-refractivity contribution in [2.75, 3.05) is 6.61 Å². The van der Waals surface area contributed by atoms with Gasteiger partial charge in [0, 0.05) is 29.6 Å². The molecule has 2 saturated carbocycles. The molecule has 0 amide bonds. The van der Waals surface area contributed by atoms with E-state index in [0.29, 0.717) is 17.6 Å². The lowest BCUT2D eigenvalue weighted by molar-refractivity contribution is -0.173. The van der Waals surface area contributed by atoms with Gasteiger partial charge in [-0.15, -0.1) is 0 Å². The van der Waals surface area contributed by atoms with Gasteiger partial charge in [0.15, 0.2) is 0 Å². The second-order valence-corrected chi connectivity index (χ2v) is 6.20.